The Morgan fingerprint density at radius 2 is 1.92 bits per heavy atom. The van der Waals surface area contributed by atoms with Crippen molar-refractivity contribution in [2.45, 2.75) is 33.6 Å². The van der Waals surface area contributed by atoms with Crippen molar-refractivity contribution in [2.24, 2.45) is 0 Å². The second kappa shape index (κ2) is 4.42. The summed E-state index contributed by atoms with van der Waals surface area (Å²) in [4.78, 5) is 0. The van der Waals surface area contributed by atoms with Crippen LogP contribution in [0.15, 0.2) is 23.0 Å². The lowest BCUT2D eigenvalue weighted by Gasteiger charge is -2.24. The summed E-state index contributed by atoms with van der Waals surface area (Å²) in [5, 5.41) is 1.71. The van der Waals surface area contributed by atoms with Gasteiger partial charge in [-0.3, -0.25) is 0 Å². The molecule has 0 unspecified atom stereocenters. The first-order valence-corrected chi connectivity index (χ1v) is 7.96. The summed E-state index contributed by atoms with van der Waals surface area (Å²) in [6.07, 6.45) is 10.0. The van der Waals surface area contributed by atoms with Crippen molar-refractivity contribution in [2.75, 3.05) is 19.0 Å². The van der Waals surface area contributed by atoms with Crippen molar-refractivity contribution in [1.29, 1.82) is 0 Å². The first-order valence-electron chi connectivity index (χ1n) is 5.35. The van der Waals surface area contributed by atoms with Gasteiger partial charge in [-0.25, -0.2) is 0 Å². The van der Waals surface area contributed by atoms with E-state index in [1.807, 2.05) is 0 Å². The third-order valence-electron chi connectivity index (χ3n) is 3.38. The molecular weight excluding hydrogens is 175 g/mol. The van der Waals surface area contributed by atoms with Gasteiger partial charge in [0.25, 0.3) is 0 Å². The van der Waals surface area contributed by atoms with E-state index in [0.29, 0.717) is 0 Å². The number of rotatable bonds is 3. The molecule has 0 aromatic carbocycles. The zero-order valence-corrected chi connectivity index (χ0v) is 10.3. The lowest BCUT2D eigenvalue weighted by molar-refractivity contribution is 0.954. The number of allylic oxidation sites excluding steroid dienone is 4. The fourth-order valence-electron chi connectivity index (χ4n) is 1.97. The SMILES string of the molecule is CC[P+](C)(CC)C1=C(C)CCC=C1. The molecule has 0 spiro atoms. The molecule has 1 aliphatic carbocycles. The Kier molecular flexibility index (Phi) is 3.74. The van der Waals surface area contributed by atoms with Gasteiger partial charge in [-0.1, -0.05) is 6.08 Å². The van der Waals surface area contributed by atoms with E-state index in [9.17, 15) is 0 Å². The van der Waals surface area contributed by atoms with Gasteiger partial charge >= 0.3 is 0 Å². The maximum atomic E-state index is 2.50. The van der Waals surface area contributed by atoms with Crippen molar-refractivity contribution >= 4 is 7.26 Å². The van der Waals surface area contributed by atoms with Gasteiger partial charge in [0.2, 0.25) is 0 Å². The highest BCUT2D eigenvalue weighted by molar-refractivity contribution is 7.79. The van der Waals surface area contributed by atoms with E-state index in [4.69, 9.17) is 0 Å². The van der Waals surface area contributed by atoms with Crippen LogP contribution in [-0.4, -0.2) is 19.0 Å². The molecule has 1 rings (SSSR count). The van der Waals surface area contributed by atoms with Crippen molar-refractivity contribution < 1.29 is 0 Å². The van der Waals surface area contributed by atoms with Gasteiger partial charge in [0.1, 0.15) is 0 Å². The van der Waals surface area contributed by atoms with Gasteiger partial charge in [-0.05, 0) is 45.3 Å². The molecule has 0 aromatic heterocycles. The van der Waals surface area contributed by atoms with Crippen LogP contribution in [0.2, 0.25) is 0 Å². The van der Waals surface area contributed by atoms with Gasteiger partial charge in [0.05, 0.1) is 24.3 Å². The van der Waals surface area contributed by atoms with Crippen LogP contribution in [-0.2, 0) is 0 Å². The molecule has 0 aromatic rings. The average Bonchev–Trinajstić information content (AvgIpc) is 2.17. The van der Waals surface area contributed by atoms with Crippen LogP contribution in [0.5, 0.6) is 0 Å². The third kappa shape index (κ3) is 2.23. The van der Waals surface area contributed by atoms with Crippen LogP contribution in [0.25, 0.3) is 0 Å². The maximum absolute atomic E-state index is 2.50. The van der Waals surface area contributed by atoms with E-state index in [2.05, 4.69) is 39.6 Å². The number of hydrogen-bond acceptors (Lipinski definition) is 0. The Morgan fingerprint density at radius 1 is 1.31 bits per heavy atom. The fourth-order valence-corrected chi connectivity index (χ4v) is 4.60. The molecule has 0 saturated carbocycles. The summed E-state index contributed by atoms with van der Waals surface area (Å²) < 4.78 is 0. The predicted molar refractivity (Wildman–Crippen MR) is 65.0 cm³/mol. The molecular formula is C12H22P+. The highest BCUT2D eigenvalue weighted by Crippen LogP contribution is 2.64. The zero-order chi connectivity index (χ0) is 9.90. The van der Waals surface area contributed by atoms with E-state index < -0.39 is 7.26 Å². The highest BCUT2D eigenvalue weighted by Gasteiger charge is 2.33. The molecule has 0 heterocycles. The van der Waals surface area contributed by atoms with E-state index in [1.54, 1.807) is 10.9 Å². The molecule has 74 valence electrons. The van der Waals surface area contributed by atoms with Crippen molar-refractivity contribution in [1.82, 2.24) is 0 Å². The second-order valence-corrected chi connectivity index (χ2v) is 8.67. The Labute approximate surface area is 83.5 Å². The van der Waals surface area contributed by atoms with Gasteiger partial charge in [-0.2, -0.15) is 0 Å². The normalized spacial score (nSPS) is 18.2. The zero-order valence-electron chi connectivity index (χ0n) is 9.43. The maximum Gasteiger partial charge on any atom is 0.0922 e. The van der Waals surface area contributed by atoms with E-state index in [1.165, 1.54) is 25.2 Å². The first kappa shape index (κ1) is 11.0. The molecule has 0 nitrogen and oxygen atoms in total. The summed E-state index contributed by atoms with van der Waals surface area (Å²) in [6, 6.07) is 0. The molecule has 0 saturated heterocycles. The van der Waals surface area contributed by atoms with Gasteiger partial charge in [0.15, 0.2) is 0 Å². The van der Waals surface area contributed by atoms with Crippen LogP contribution < -0.4 is 0 Å². The van der Waals surface area contributed by atoms with Crippen LogP contribution in [0, 0.1) is 0 Å². The summed E-state index contributed by atoms with van der Waals surface area (Å²) in [7, 11) is -0.770. The highest BCUT2D eigenvalue weighted by atomic mass is 31.2. The van der Waals surface area contributed by atoms with Gasteiger partial charge < -0.3 is 0 Å². The second-order valence-electron chi connectivity index (χ2n) is 4.13. The van der Waals surface area contributed by atoms with Crippen LogP contribution in [0.3, 0.4) is 0 Å². The Hall–Kier alpha value is -0.0900. The Morgan fingerprint density at radius 3 is 2.38 bits per heavy atom. The standard InChI is InChI=1S/C12H22P/c1-5-13(4,6-2)12-10-8-7-9-11(12)3/h8,10H,5-7,9H2,1-4H3/q+1. The minimum absolute atomic E-state index is 0.770. The number of hydrogen-bond donors (Lipinski definition) is 0. The molecule has 0 amide bonds. The van der Waals surface area contributed by atoms with Crippen LogP contribution in [0.1, 0.15) is 33.6 Å². The van der Waals surface area contributed by atoms with Crippen molar-refractivity contribution in [3.05, 3.63) is 23.0 Å². The predicted octanol–water partition coefficient (Wildman–Crippen LogP) is 4.30. The first-order chi connectivity index (χ1) is 6.14. The minimum Gasteiger partial charge on any atom is -0.0803 e. The summed E-state index contributed by atoms with van der Waals surface area (Å²) >= 11 is 0. The molecule has 13 heavy (non-hydrogen) atoms. The molecule has 0 radical (unpaired) electrons. The topological polar surface area (TPSA) is 0 Å². The van der Waals surface area contributed by atoms with E-state index >= 15 is 0 Å². The fraction of sp³-hybridized carbons (Fsp3) is 0.667. The molecule has 0 bridgehead atoms. The van der Waals surface area contributed by atoms with Gasteiger partial charge in [0, 0.05) is 7.26 Å². The van der Waals surface area contributed by atoms with E-state index in [0.717, 1.165) is 0 Å². The quantitative estimate of drug-likeness (QED) is 0.592. The third-order valence-corrected chi connectivity index (χ3v) is 7.86. The average molecular weight is 197 g/mol. The lowest BCUT2D eigenvalue weighted by Crippen LogP contribution is -2.03. The smallest absolute Gasteiger partial charge is 0.0803 e. The van der Waals surface area contributed by atoms with Crippen LogP contribution in [0.4, 0.5) is 0 Å². The van der Waals surface area contributed by atoms with Crippen molar-refractivity contribution in [3.63, 3.8) is 0 Å². The Bertz CT molecular complexity index is 232. The van der Waals surface area contributed by atoms with E-state index in [-0.39, 0.29) is 0 Å². The molecule has 1 heteroatoms. The summed E-state index contributed by atoms with van der Waals surface area (Å²) in [5.41, 5.74) is 1.65. The Balaban J connectivity index is 2.97. The molecule has 0 atom stereocenters. The lowest BCUT2D eigenvalue weighted by atomic mass is 10.1. The van der Waals surface area contributed by atoms with Gasteiger partial charge in [-0.15, -0.1) is 0 Å². The minimum atomic E-state index is -0.770. The van der Waals surface area contributed by atoms with Crippen molar-refractivity contribution in [3.8, 4) is 0 Å². The summed E-state index contributed by atoms with van der Waals surface area (Å²) in [5.74, 6) is 0. The largest absolute Gasteiger partial charge is 0.0922 e. The molecule has 0 fully saturated rings. The monoisotopic (exact) mass is 197 g/mol. The summed E-state index contributed by atoms with van der Waals surface area (Å²) in [6.45, 7) is 9.52. The molecule has 1 aliphatic rings. The van der Waals surface area contributed by atoms with Crippen LogP contribution >= 0.6 is 7.26 Å². The molecule has 0 aliphatic heterocycles. The molecule has 0 N–H and O–H groups in total.